The molecular weight excluding hydrogens is 410 g/mol. The van der Waals surface area contributed by atoms with Crippen LogP contribution in [0.5, 0.6) is 5.75 Å². The summed E-state index contributed by atoms with van der Waals surface area (Å²) in [7, 11) is 0. The lowest BCUT2D eigenvalue weighted by molar-refractivity contribution is 0.123. The van der Waals surface area contributed by atoms with Gasteiger partial charge < -0.3 is 24.4 Å². The second-order valence-corrected chi connectivity index (χ2v) is 8.04. The lowest BCUT2D eigenvalue weighted by atomic mass is 9.91. The first-order valence-corrected chi connectivity index (χ1v) is 10.7. The molecule has 8 heteroatoms. The third-order valence-electron chi connectivity index (χ3n) is 6.13. The average molecular weight is 435 g/mol. The Labute approximate surface area is 185 Å². The first-order valence-electron chi connectivity index (χ1n) is 10.7. The molecule has 2 aromatic carbocycles. The van der Waals surface area contributed by atoms with E-state index in [4.69, 9.17) is 19.6 Å². The maximum atomic E-state index is 11.1. The Kier molecular flexibility index (Phi) is 6.57. The number of likely N-dealkylation sites (tertiary alicyclic amines) is 1. The molecule has 1 aliphatic rings. The molecule has 8 nitrogen and oxygen atoms in total. The third kappa shape index (κ3) is 4.68. The number of piperidine rings is 1. The summed E-state index contributed by atoms with van der Waals surface area (Å²) in [6.07, 6.45) is 2.55. The monoisotopic (exact) mass is 435 g/mol. The number of aromatic nitrogens is 1. The molecule has 1 saturated heterocycles. The first-order chi connectivity index (χ1) is 15.6. The van der Waals surface area contributed by atoms with Crippen molar-refractivity contribution in [1.29, 1.82) is 5.26 Å². The summed E-state index contributed by atoms with van der Waals surface area (Å²) in [6.45, 7) is 1.23. The van der Waals surface area contributed by atoms with Gasteiger partial charge in [0.15, 0.2) is 5.58 Å². The molecule has 3 aromatic rings. The summed E-state index contributed by atoms with van der Waals surface area (Å²) in [5.74, 6) is 1.11. The van der Waals surface area contributed by atoms with Crippen molar-refractivity contribution in [1.82, 2.24) is 10.1 Å². The van der Waals surface area contributed by atoms with Crippen molar-refractivity contribution >= 4 is 17.1 Å². The quantitative estimate of drug-likeness (QED) is 0.573. The molecule has 2 heterocycles. The largest absolute Gasteiger partial charge is 0.489 e. The number of aliphatic hydroxyl groups excluding tert-OH is 1. The maximum absolute atomic E-state index is 11.1. The Morgan fingerprint density at radius 2 is 1.97 bits per heavy atom. The van der Waals surface area contributed by atoms with Crippen molar-refractivity contribution in [3.8, 4) is 11.8 Å². The Balaban J connectivity index is 1.42. The summed E-state index contributed by atoms with van der Waals surface area (Å²) in [4.78, 5) is 12.5. The number of rotatable bonds is 7. The van der Waals surface area contributed by atoms with Gasteiger partial charge in [-0.15, -0.1) is 0 Å². The van der Waals surface area contributed by atoms with Crippen LogP contribution < -0.4 is 4.74 Å². The summed E-state index contributed by atoms with van der Waals surface area (Å²) in [5.41, 5.74) is 3.47. The summed E-state index contributed by atoms with van der Waals surface area (Å²) >= 11 is 0. The molecule has 1 amide bonds. The highest BCUT2D eigenvalue weighted by molar-refractivity contribution is 5.83. The molecule has 1 aliphatic heterocycles. The van der Waals surface area contributed by atoms with Crippen molar-refractivity contribution in [3.63, 3.8) is 0 Å². The number of fused-ring (bicyclic) bond motifs is 1. The predicted octanol–water partition coefficient (Wildman–Crippen LogP) is 4.09. The fourth-order valence-electron chi connectivity index (χ4n) is 4.18. The van der Waals surface area contributed by atoms with E-state index in [0.717, 1.165) is 42.3 Å². The van der Waals surface area contributed by atoms with E-state index in [1.165, 1.54) is 4.90 Å². The molecule has 0 aliphatic carbocycles. The second-order valence-electron chi connectivity index (χ2n) is 8.04. The minimum Gasteiger partial charge on any atom is -0.489 e. The van der Waals surface area contributed by atoms with Gasteiger partial charge in [0, 0.05) is 24.0 Å². The minimum absolute atomic E-state index is 0.189. The van der Waals surface area contributed by atoms with Crippen molar-refractivity contribution in [3.05, 3.63) is 58.8 Å². The van der Waals surface area contributed by atoms with Crippen LogP contribution in [0.15, 0.2) is 40.9 Å². The van der Waals surface area contributed by atoms with Crippen LogP contribution >= 0.6 is 0 Å². The summed E-state index contributed by atoms with van der Waals surface area (Å²) in [6, 6.07) is 12.8. The third-order valence-corrected chi connectivity index (χ3v) is 6.13. The van der Waals surface area contributed by atoms with Crippen molar-refractivity contribution in [2.24, 2.45) is 5.92 Å². The predicted molar refractivity (Wildman–Crippen MR) is 116 cm³/mol. The Bertz CT molecular complexity index is 1120. The molecule has 0 saturated carbocycles. The number of ether oxygens (including phenoxy) is 1. The molecule has 32 heavy (non-hydrogen) atoms. The lowest BCUT2D eigenvalue weighted by Crippen LogP contribution is -2.37. The molecule has 0 atom stereocenters. The van der Waals surface area contributed by atoms with Gasteiger partial charge >= 0.3 is 6.09 Å². The highest BCUT2D eigenvalue weighted by atomic mass is 16.5. The summed E-state index contributed by atoms with van der Waals surface area (Å²) in [5, 5.41) is 33.1. The van der Waals surface area contributed by atoms with E-state index >= 15 is 0 Å². The molecule has 0 radical (unpaired) electrons. The van der Waals surface area contributed by atoms with Crippen molar-refractivity contribution in [2.45, 2.75) is 38.9 Å². The van der Waals surface area contributed by atoms with Crippen molar-refractivity contribution < 1.29 is 24.3 Å². The second kappa shape index (κ2) is 9.71. The van der Waals surface area contributed by atoms with E-state index in [9.17, 15) is 9.90 Å². The van der Waals surface area contributed by atoms with Gasteiger partial charge in [0.2, 0.25) is 0 Å². The van der Waals surface area contributed by atoms with Crippen LogP contribution in [0, 0.1) is 17.2 Å². The number of aryl methyl sites for hydroxylation is 1. The molecule has 1 fully saturated rings. The van der Waals surface area contributed by atoms with E-state index in [1.807, 2.05) is 12.1 Å². The van der Waals surface area contributed by atoms with Gasteiger partial charge in [-0.05, 0) is 67.5 Å². The Morgan fingerprint density at radius 3 is 2.62 bits per heavy atom. The van der Waals surface area contributed by atoms with Gasteiger partial charge in [-0.2, -0.15) is 5.26 Å². The van der Waals surface area contributed by atoms with Gasteiger partial charge in [0.05, 0.1) is 23.9 Å². The molecular formula is C24H25N3O5. The molecule has 0 spiro atoms. The van der Waals surface area contributed by atoms with E-state index in [2.05, 4.69) is 11.2 Å². The molecule has 4 rings (SSSR count). The van der Waals surface area contributed by atoms with Crippen LogP contribution in [0.25, 0.3) is 11.0 Å². The molecule has 2 N–H and O–H groups in total. The van der Waals surface area contributed by atoms with E-state index in [-0.39, 0.29) is 13.2 Å². The maximum Gasteiger partial charge on any atom is 0.407 e. The number of carboxylic acid groups (broad SMARTS) is 1. The minimum atomic E-state index is -0.846. The smallest absolute Gasteiger partial charge is 0.407 e. The number of hydrogen-bond donors (Lipinski definition) is 2. The average Bonchev–Trinajstić information content (AvgIpc) is 3.24. The van der Waals surface area contributed by atoms with Crippen molar-refractivity contribution in [2.75, 3.05) is 13.1 Å². The zero-order chi connectivity index (χ0) is 22.5. The molecule has 166 valence electrons. The topological polar surface area (TPSA) is 120 Å². The van der Waals surface area contributed by atoms with Gasteiger partial charge in [0.25, 0.3) is 0 Å². The number of amides is 1. The molecule has 1 aromatic heterocycles. The van der Waals surface area contributed by atoms with Crippen LogP contribution in [-0.4, -0.2) is 39.5 Å². The van der Waals surface area contributed by atoms with Crippen LogP contribution in [0.3, 0.4) is 0 Å². The van der Waals surface area contributed by atoms with E-state index < -0.39 is 6.09 Å². The SMILES string of the molecule is N#Cc1ccc(OCc2ccc3c(CCC4CCN(C(=O)O)CC4)noc3c2CO)cc1. The van der Waals surface area contributed by atoms with Gasteiger partial charge in [-0.1, -0.05) is 11.2 Å². The van der Waals surface area contributed by atoms with Crippen LogP contribution in [-0.2, 0) is 19.6 Å². The number of benzene rings is 2. The van der Waals surface area contributed by atoms with Gasteiger partial charge in [-0.3, -0.25) is 0 Å². The van der Waals surface area contributed by atoms with Gasteiger partial charge in [0.1, 0.15) is 12.4 Å². The van der Waals surface area contributed by atoms with E-state index in [1.54, 1.807) is 24.3 Å². The Morgan fingerprint density at radius 1 is 1.22 bits per heavy atom. The zero-order valence-electron chi connectivity index (χ0n) is 17.7. The molecule has 0 unspecified atom stereocenters. The number of nitriles is 1. The van der Waals surface area contributed by atoms with E-state index in [0.29, 0.717) is 41.5 Å². The normalized spacial score (nSPS) is 14.4. The fraction of sp³-hybridized carbons (Fsp3) is 0.375. The molecule has 0 bridgehead atoms. The number of nitrogens with zero attached hydrogens (tertiary/aromatic N) is 3. The van der Waals surface area contributed by atoms with Crippen LogP contribution in [0.4, 0.5) is 4.79 Å². The first kappa shape index (κ1) is 21.7. The fourth-order valence-corrected chi connectivity index (χ4v) is 4.18. The zero-order valence-corrected chi connectivity index (χ0v) is 17.7. The van der Waals surface area contributed by atoms with Crippen LogP contribution in [0.2, 0.25) is 0 Å². The standard InChI is InChI=1S/C24H25N3O5/c25-13-17-1-5-19(6-2-17)31-15-18-4-7-20-22(26-32-23(20)21(18)14-28)8-3-16-9-11-27(12-10-16)24(29)30/h1-2,4-7,16,28H,3,8-12,14-15H2,(H,29,30). The van der Waals surface area contributed by atoms with Crippen LogP contribution in [0.1, 0.15) is 41.6 Å². The number of aliphatic hydroxyl groups is 1. The highest BCUT2D eigenvalue weighted by Gasteiger charge is 2.23. The Hall–Kier alpha value is -3.57. The summed E-state index contributed by atoms with van der Waals surface area (Å²) < 4.78 is 11.4. The highest BCUT2D eigenvalue weighted by Crippen LogP contribution is 2.29. The number of carbonyl (C=O) groups is 1. The number of hydrogen-bond acceptors (Lipinski definition) is 6. The lowest BCUT2D eigenvalue weighted by Gasteiger charge is -2.29. The van der Waals surface area contributed by atoms with Gasteiger partial charge in [-0.25, -0.2) is 4.79 Å².